The second-order valence-electron chi connectivity index (χ2n) is 4.70. The van der Waals surface area contributed by atoms with Crippen molar-refractivity contribution in [3.8, 4) is 12.3 Å². The first-order valence-corrected chi connectivity index (χ1v) is 5.56. The molecule has 0 aliphatic carbocycles. The van der Waals surface area contributed by atoms with Gasteiger partial charge >= 0.3 is 0 Å². The molecular formula is C12H22N2. The zero-order valence-electron chi connectivity index (χ0n) is 9.42. The van der Waals surface area contributed by atoms with Gasteiger partial charge in [0.25, 0.3) is 0 Å². The van der Waals surface area contributed by atoms with Crippen molar-refractivity contribution in [2.75, 3.05) is 13.1 Å². The normalized spacial score (nSPS) is 22.4. The van der Waals surface area contributed by atoms with Crippen LogP contribution in [0.4, 0.5) is 0 Å². The lowest BCUT2D eigenvalue weighted by Gasteiger charge is -2.40. The lowest BCUT2D eigenvalue weighted by Crippen LogP contribution is -2.55. The number of terminal acetylenes is 1. The molecule has 0 amide bonds. The molecule has 0 bridgehead atoms. The Labute approximate surface area is 87.8 Å². The maximum Gasteiger partial charge on any atom is 0.0843 e. The average molecular weight is 194 g/mol. The Morgan fingerprint density at radius 2 is 1.71 bits per heavy atom. The standard InChI is InChI=1S/C12H22N2/c1-4-11(13)12(2,3)14-9-7-5-6-8-10-14/h1,11H,5-10,13H2,2-3H3. The number of nitrogens with two attached hydrogens (primary N) is 1. The first kappa shape index (κ1) is 11.6. The topological polar surface area (TPSA) is 29.3 Å². The van der Waals surface area contributed by atoms with Gasteiger partial charge in [0.15, 0.2) is 0 Å². The minimum Gasteiger partial charge on any atom is -0.316 e. The summed E-state index contributed by atoms with van der Waals surface area (Å²) in [5, 5.41) is 0. The van der Waals surface area contributed by atoms with E-state index in [9.17, 15) is 0 Å². The molecule has 1 fully saturated rings. The van der Waals surface area contributed by atoms with E-state index in [2.05, 4.69) is 24.7 Å². The van der Waals surface area contributed by atoms with Gasteiger partial charge in [-0.05, 0) is 39.8 Å². The van der Waals surface area contributed by atoms with E-state index in [0.717, 1.165) is 13.1 Å². The third-order valence-corrected chi connectivity index (χ3v) is 3.36. The largest absolute Gasteiger partial charge is 0.316 e. The Balaban J connectivity index is 2.64. The van der Waals surface area contributed by atoms with Crippen LogP contribution < -0.4 is 5.73 Å². The van der Waals surface area contributed by atoms with E-state index in [-0.39, 0.29) is 11.6 Å². The van der Waals surface area contributed by atoms with Crippen LogP contribution in [0.25, 0.3) is 0 Å². The summed E-state index contributed by atoms with van der Waals surface area (Å²) in [5.74, 6) is 2.66. The van der Waals surface area contributed by atoms with Gasteiger partial charge in [0, 0.05) is 5.54 Å². The molecule has 0 saturated carbocycles. The summed E-state index contributed by atoms with van der Waals surface area (Å²) in [4.78, 5) is 2.45. The lowest BCUT2D eigenvalue weighted by atomic mass is 9.93. The summed E-state index contributed by atoms with van der Waals surface area (Å²) in [6, 6.07) is -0.166. The van der Waals surface area contributed by atoms with Crippen molar-refractivity contribution in [3.05, 3.63) is 0 Å². The number of rotatable bonds is 2. The molecule has 80 valence electrons. The lowest BCUT2D eigenvalue weighted by molar-refractivity contribution is 0.115. The summed E-state index contributed by atoms with van der Waals surface area (Å²) in [6.45, 7) is 6.59. The summed E-state index contributed by atoms with van der Waals surface area (Å²) < 4.78 is 0. The van der Waals surface area contributed by atoms with Gasteiger partial charge in [0.1, 0.15) is 0 Å². The van der Waals surface area contributed by atoms with Crippen molar-refractivity contribution in [2.45, 2.75) is 51.1 Å². The monoisotopic (exact) mass is 194 g/mol. The maximum absolute atomic E-state index is 5.95. The third kappa shape index (κ3) is 2.50. The molecule has 0 aromatic heterocycles. The van der Waals surface area contributed by atoms with Crippen LogP contribution in [0.15, 0.2) is 0 Å². The van der Waals surface area contributed by atoms with Crippen molar-refractivity contribution in [3.63, 3.8) is 0 Å². The van der Waals surface area contributed by atoms with Gasteiger partial charge < -0.3 is 5.73 Å². The molecule has 2 nitrogen and oxygen atoms in total. The van der Waals surface area contributed by atoms with E-state index in [0.29, 0.717) is 0 Å². The number of hydrogen-bond donors (Lipinski definition) is 1. The zero-order valence-corrected chi connectivity index (χ0v) is 9.42. The molecule has 1 saturated heterocycles. The minimum atomic E-state index is -0.166. The van der Waals surface area contributed by atoms with Crippen LogP contribution in [0.2, 0.25) is 0 Å². The van der Waals surface area contributed by atoms with E-state index in [4.69, 9.17) is 12.2 Å². The maximum atomic E-state index is 5.95. The van der Waals surface area contributed by atoms with Gasteiger partial charge in [-0.2, -0.15) is 0 Å². The van der Waals surface area contributed by atoms with E-state index < -0.39 is 0 Å². The van der Waals surface area contributed by atoms with Crippen LogP contribution >= 0.6 is 0 Å². The van der Waals surface area contributed by atoms with Crippen LogP contribution in [-0.2, 0) is 0 Å². The summed E-state index contributed by atoms with van der Waals surface area (Å²) in [5.41, 5.74) is 5.90. The predicted octanol–water partition coefficient (Wildman–Crippen LogP) is 1.60. The molecule has 1 heterocycles. The molecule has 1 unspecified atom stereocenters. The Morgan fingerprint density at radius 1 is 1.21 bits per heavy atom. The number of nitrogens with zero attached hydrogens (tertiary/aromatic N) is 1. The molecule has 14 heavy (non-hydrogen) atoms. The molecule has 1 atom stereocenters. The van der Waals surface area contributed by atoms with Gasteiger partial charge in [0.2, 0.25) is 0 Å². The molecule has 2 heteroatoms. The predicted molar refractivity (Wildman–Crippen MR) is 60.9 cm³/mol. The molecule has 1 aliphatic heterocycles. The van der Waals surface area contributed by atoms with Crippen LogP contribution in [-0.4, -0.2) is 29.6 Å². The van der Waals surface area contributed by atoms with Gasteiger partial charge in [-0.3, -0.25) is 4.90 Å². The molecular weight excluding hydrogens is 172 g/mol. The molecule has 0 radical (unpaired) electrons. The second kappa shape index (κ2) is 4.82. The van der Waals surface area contributed by atoms with Crippen molar-refractivity contribution < 1.29 is 0 Å². The Kier molecular flexibility index (Phi) is 3.97. The van der Waals surface area contributed by atoms with Gasteiger partial charge in [0.05, 0.1) is 6.04 Å². The fourth-order valence-electron chi connectivity index (χ4n) is 2.05. The van der Waals surface area contributed by atoms with Gasteiger partial charge in [-0.25, -0.2) is 0 Å². The third-order valence-electron chi connectivity index (χ3n) is 3.36. The van der Waals surface area contributed by atoms with Crippen LogP contribution in [0.5, 0.6) is 0 Å². The fourth-order valence-corrected chi connectivity index (χ4v) is 2.05. The van der Waals surface area contributed by atoms with E-state index >= 15 is 0 Å². The Bertz CT molecular complexity index is 207. The molecule has 0 spiro atoms. The molecule has 0 aromatic carbocycles. The Morgan fingerprint density at radius 3 is 2.14 bits per heavy atom. The highest BCUT2D eigenvalue weighted by molar-refractivity contribution is 5.09. The van der Waals surface area contributed by atoms with Crippen molar-refractivity contribution >= 4 is 0 Å². The zero-order chi connectivity index (χ0) is 10.6. The second-order valence-corrected chi connectivity index (χ2v) is 4.70. The summed E-state index contributed by atoms with van der Waals surface area (Å²) in [6.07, 6.45) is 10.6. The van der Waals surface area contributed by atoms with Gasteiger partial charge in [-0.1, -0.05) is 18.8 Å². The molecule has 1 rings (SSSR count). The van der Waals surface area contributed by atoms with Crippen molar-refractivity contribution in [1.29, 1.82) is 0 Å². The average Bonchev–Trinajstić information content (AvgIpc) is 2.44. The quantitative estimate of drug-likeness (QED) is 0.677. The van der Waals surface area contributed by atoms with Crippen molar-refractivity contribution in [2.24, 2.45) is 5.73 Å². The van der Waals surface area contributed by atoms with E-state index in [1.807, 2.05) is 0 Å². The van der Waals surface area contributed by atoms with Crippen molar-refractivity contribution in [1.82, 2.24) is 4.90 Å². The molecule has 0 aromatic rings. The van der Waals surface area contributed by atoms with E-state index in [1.54, 1.807) is 0 Å². The highest BCUT2D eigenvalue weighted by Crippen LogP contribution is 2.22. The first-order chi connectivity index (χ1) is 6.59. The van der Waals surface area contributed by atoms with Gasteiger partial charge in [-0.15, -0.1) is 6.42 Å². The Hall–Kier alpha value is -0.520. The highest BCUT2D eigenvalue weighted by atomic mass is 15.2. The highest BCUT2D eigenvalue weighted by Gasteiger charge is 2.32. The summed E-state index contributed by atoms with van der Waals surface area (Å²) >= 11 is 0. The number of hydrogen-bond acceptors (Lipinski definition) is 2. The first-order valence-electron chi connectivity index (χ1n) is 5.56. The van der Waals surface area contributed by atoms with E-state index in [1.165, 1.54) is 25.7 Å². The minimum absolute atomic E-state index is 0.0565. The van der Waals surface area contributed by atoms with Crippen LogP contribution in [0, 0.1) is 12.3 Å². The summed E-state index contributed by atoms with van der Waals surface area (Å²) in [7, 11) is 0. The smallest absolute Gasteiger partial charge is 0.0843 e. The SMILES string of the molecule is C#CC(N)C(C)(C)N1CCCCCC1. The van der Waals surface area contributed by atoms with Crippen LogP contribution in [0.1, 0.15) is 39.5 Å². The molecule has 1 aliphatic rings. The van der Waals surface area contributed by atoms with Crippen LogP contribution in [0.3, 0.4) is 0 Å². The number of likely N-dealkylation sites (tertiary alicyclic amines) is 1. The molecule has 2 N–H and O–H groups in total. The fraction of sp³-hybridized carbons (Fsp3) is 0.833.